The van der Waals surface area contributed by atoms with Crippen molar-refractivity contribution in [3.8, 4) is 23.5 Å². The normalized spacial score (nSPS) is 10.2. The lowest BCUT2D eigenvalue weighted by Crippen LogP contribution is -2.05. The van der Waals surface area contributed by atoms with E-state index in [2.05, 4.69) is 30.9 Å². The van der Waals surface area contributed by atoms with Crippen molar-refractivity contribution in [2.75, 3.05) is 19.5 Å². The summed E-state index contributed by atoms with van der Waals surface area (Å²) in [6.45, 7) is 2.25. The first-order valence-corrected chi connectivity index (χ1v) is 6.57. The van der Waals surface area contributed by atoms with E-state index in [1.54, 1.807) is 25.3 Å². The van der Waals surface area contributed by atoms with Crippen molar-refractivity contribution in [2.45, 2.75) is 6.92 Å². The van der Waals surface area contributed by atoms with Crippen molar-refractivity contribution in [1.29, 1.82) is 0 Å². The molecule has 0 fully saturated rings. The van der Waals surface area contributed by atoms with Crippen molar-refractivity contribution in [2.24, 2.45) is 0 Å². The molecule has 2 rings (SSSR count). The monoisotopic (exact) mass is 340 g/mol. The van der Waals surface area contributed by atoms with E-state index in [0.29, 0.717) is 22.6 Å². The highest BCUT2D eigenvalue weighted by Crippen LogP contribution is 2.31. The van der Waals surface area contributed by atoms with Crippen LogP contribution >= 0.6 is 15.9 Å². The summed E-state index contributed by atoms with van der Waals surface area (Å²) < 4.78 is 16.5. The van der Waals surface area contributed by atoms with Crippen LogP contribution in [-0.2, 0) is 0 Å². The minimum absolute atomic E-state index is 0.0306. The first-order chi connectivity index (χ1) is 9.62. The number of hydrogen-bond donors (Lipinski definition) is 1. The number of rotatable bonds is 5. The molecule has 7 nitrogen and oxygen atoms in total. The molecule has 0 radical (unpaired) electrons. The summed E-state index contributed by atoms with van der Waals surface area (Å²) in [5, 5.41) is 0. The van der Waals surface area contributed by atoms with Crippen molar-refractivity contribution in [3.05, 3.63) is 22.7 Å². The second-order valence-electron chi connectivity index (χ2n) is 3.59. The van der Waals surface area contributed by atoms with E-state index >= 15 is 0 Å². The van der Waals surface area contributed by atoms with Crippen LogP contribution in [0.4, 0.5) is 5.95 Å². The summed E-state index contributed by atoms with van der Waals surface area (Å²) in [4.78, 5) is 11.7. The second-order valence-corrected chi connectivity index (χ2v) is 4.44. The van der Waals surface area contributed by atoms with Gasteiger partial charge in [-0.1, -0.05) is 0 Å². The summed E-state index contributed by atoms with van der Waals surface area (Å²) in [5.74, 6) is 1.26. The van der Waals surface area contributed by atoms with Crippen molar-refractivity contribution in [3.63, 3.8) is 0 Å². The standard InChI is InChI=1S/C12H13BrN4O3/c1-3-19-11-15-10(14)16-12(17-11)20-9-5-4-7(18-2)6-8(9)13/h4-6H,3H2,1-2H3,(H2,14,15,16,17). The molecule has 0 saturated heterocycles. The minimum Gasteiger partial charge on any atom is -0.497 e. The van der Waals surface area contributed by atoms with Gasteiger partial charge in [0, 0.05) is 0 Å². The van der Waals surface area contributed by atoms with Crippen molar-refractivity contribution >= 4 is 21.9 Å². The van der Waals surface area contributed by atoms with Gasteiger partial charge in [0.05, 0.1) is 18.2 Å². The van der Waals surface area contributed by atoms with E-state index in [1.165, 1.54) is 0 Å². The fourth-order valence-corrected chi connectivity index (χ4v) is 1.82. The van der Waals surface area contributed by atoms with Gasteiger partial charge >= 0.3 is 12.0 Å². The molecule has 20 heavy (non-hydrogen) atoms. The lowest BCUT2D eigenvalue weighted by atomic mass is 10.3. The zero-order chi connectivity index (χ0) is 14.5. The van der Waals surface area contributed by atoms with Crippen LogP contribution in [-0.4, -0.2) is 28.7 Å². The smallest absolute Gasteiger partial charge is 0.330 e. The molecule has 2 N–H and O–H groups in total. The molecule has 0 aliphatic rings. The van der Waals surface area contributed by atoms with Gasteiger partial charge in [-0.3, -0.25) is 0 Å². The van der Waals surface area contributed by atoms with Gasteiger partial charge in [0.2, 0.25) is 5.95 Å². The molecule has 1 aromatic carbocycles. The van der Waals surface area contributed by atoms with Gasteiger partial charge in [-0.2, -0.15) is 9.97 Å². The summed E-state index contributed by atoms with van der Waals surface area (Å²) in [5.41, 5.74) is 5.57. The highest BCUT2D eigenvalue weighted by atomic mass is 79.9. The fourth-order valence-electron chi connectivity index (χ4n) is 1.38. The van der Waals surface area contributed by atoms with Crippen LogP contribution in [0.25, 0.3) is 0 Å². The predicted molar refractivity (Wildman–Crippen MR) is 76.2 cm³/mol. The maximum Gasteiger partial charge on any atom is 0.330 e. The Labute approximate surface area is 124 Å². The highest BCUT2D eigenvalue weighted by molar-refractivity contribution is 9.10. The molecular formula is C12H13BrN4O3. The molecule has 0 aliphatic heterocycles. The molecule has 2 aromatic rings. The molecule has 0 atom stereocenters. The molecule has 0 spiro atoms. The lowest BCUT2D eigenvalue weighted by Gasteiger charge is -2.08. The fraction of sp³-hybridized carbons (Fsp3) is 0.250. The van der Waals surface area contributed by atoms with Gasteiger partial charge in [0.15, 0.2) is 0 Å². The average Bonchev–Trinajstić information content (AvgIpc) is 2.41. The summed E-state index contributed by atoms with van der Waals surface area (Å²) in [7, 11) is 1.59. The van der Waals surface area contributed by atoms with E-state index in [-0.39, 0.29) is 18.0 Å². The molecule has 0 aliphatic carbocycles. The Hall–Kier alpha value is -2.09. The Bertz CT molecular complexity index is 609. The number of aromatic nitrogens is 3. The zero-order valence-corrected chi connectivity index (χ0v) is 12.5. The number of benzene rings is 1. The lowest BCUT2D eigenvalue weighted by molar-refractivity contribution is 0.304. The maximum absolute atomic E-state index is 5.57. The topological polar surface area (TPSA) is 92.4 Å². The Morgan fingerprint density at radius 2 is 1.95 bits per heavy atom. The van der Waals surface area contributed by atoms with Crippen molar-refractivity contribution < 1.29 is 14.2 Å². The van der Waals surface area contributed by atoms with Gasteiger partial charge in [-0.05, 0) is 41.1 Å². The summed E-state index contributed by atoms with van der Waals surface area (Å²) in [6.07, 6.45) is 0. The van der Waals surface area contributed by atoms with E-state index in [1.807, 2.05) is 6.92 Å². The van der Waals surface area contributed by atoms with Crippen molar-refractivity contribution in [1.82, 2.24) is 15.0 Å². The predicted octanol–water partition coefficient (Wildman–Crippen LogP) is 2.42. The van der Waals surface area contributed by atoms with E-state index < -0.39 is 0 Å². The van der Waals surface area contributed by atoms with Crippen LogP contribution in [0, 0.1) is 0 Å². The number of nitrogens with zero attached hydrogens (tertiary/aromatic N) is 3. The van der Waals surface area contributed by atoms with Gasteiger partial charge in [0.25, 0.3) is 0 Å². The number of hydrogen-bond acceptors (Lipinski definition) is 7. The Morgan fingerprint density at radius 1 is 1.20 bits per heavy atom. The average molecular weight is 341 g/mol. The maximum atomic E-state index is 5.57. The Balaban J connectivity index is 2.25. The van der Waals surface area contributed by atoms with E-state index in [9.17, 15) is 0 Å². The molecule has 106 valence electrons. The van der Waals surface area contributed by atoms with Crippen LogP contribution in [0.15, 0.2) is 22.7 Å². The molecule has 0 bridgehead atoms. The first-order valence-electron chi connectivity index (χ1n) is 5.78. The number of anilines is 1. The quantitative estimate of drug-likeness (QED) is 0.893. The zero-order valence-electron chi connectivity index (χ0n) is 11.0. The summed E-state index contributed by atoms with van der Waals surface area (Å²) in [6, 6.07) is 5.44. The van der Waals surface area contributed by atoms with Gasteiger partial charge < -0.3 is 19.9 Å². The molecule has 0 unspecified atom stereocenters. The first kappa shape index (κ1) is 14.3. The van der Waals surface area contributed by atoms with Crippen LogP contribution < -0.4 is 19.9 Å². The number of nitrogen functional groups attached to an aromatic ring is 1. The van der Waals surface area contributed by atoms with Gasteiger partial charge in [-0.15, -0.1) is 4.98 Å². The van der Waals surface area contributed by atoms with Gasteiger partial charge in [0.1, 0.15) is 11.5 Å². The molecule has 1 aromatic heterocycles. The third-order valence-corrected chi connectivity index (χ3v) is 2.85. The highest BCUT2D eigenvalue weighted by Gasteiger charge is 2.10. The number of nitrogens with two attached hydrogens (primary N) is 1. The Morgan fingerprint density at radius 3 is 2.60 bits per heavy atom. The molecule has 1 heterocycles. The largest absolute Gasteiger partial charge is 0.497 e. The van der Waals surface area contributed by atoms with E-state index in [4.69, 9.17) is 19.9 Å². The van der Waals surface area contributed by atoms with Crippen LogP contribution in [0.5, 0.6) is 23.5 Å². The third kappa shape index (κ3) is 3.47. The second kappa shape index (κ2) is 6.38. The molecular weight excluding hydrogens is 328 g/mol. The number of ether oxygens (including phenoxy) is 3. The minimum atomic E-state index is 0.0306. The number of halogens is 1. The SMILES string of the molecule is CCOc1nc(N)nc(Oc2ccc(OC)cc2Br)n1. The Kier molecular flexibility index (Phi) is 4.57. The number of methoxy groups -OCH3 is 1. The molecule has 0 saturated carbocycles. The van der Waals surface area contributed by atoms with Crippen LogP contribution in [0.2, 0.25) is 0 Å². The van der Waals surface area contributed by atoms with Gasteiger partial charge in [-0.25, -0.2) is 0 Å². The third-order valence-electron chi connectivity index (χ3n) is 2.23. The summed E-state index contributed by atoms with van der Waals surface area (Å²) >= 11 is 3.37. The molecule has 0 amide bonds. The van der Waals surface area contributed by atoms with E-state index in [0.717, 1.165) is 0 Å². The van der Waals surface area contributed by atoms with Crippen LogP contribution in [0.3, 0.4) is 0 Å². The van der Waals surface area contributed by atoms with Crippen LogP contribution in [0.1, 0.15) is 6.92 Å². The molecule has 8 heteroatoms.